The molecule has 1 heterocycles. The van der Waals surface area contributed by atoms with E-state index in [0.717, 1.165) is 17.7 Å². The molecule has 1 aliphatic rings. The van der Waals surface area contributed by atoms with Crippen LogP contribution in [0, 0.1) is 6.92 Å². The summed E-state index contributed by atoms with van der Waals surface area (Å²) in [5, 5.41) is 2.89. The maximum absolute atomic E-state index is 11.5. The first-order valence-corrected chi connectivity index (χ1v) is 4.63. The minimum absolute atomic E-state index is 0.0647. The van der Waals surface area contributed by atoms with Crippen LogP contribution >= 0.6 is 0 Å². The highest BCUT2D eigenvalue weighted by Crippen LogP contribution is 2.34. The lowest BCUT2D eigenvalue weighted by atomic mass is 9.97. The predicted octanol–water partition coefficient (Wildman–Crippen LogP) is 2.44. The average Bonchev–Trinajstić information content (AvgIpc) is 2.40. The number of rotatable bonds is 1. The third-order valence-electron chi connectivity index (χ3n) is 2.57. The van der Waals surface area contributed by atoms with Gasteiger partial charge in [0.25, 0.3) is 0 Å². The van der Waals surface area contributed by atoms with Crippen LogP contribution in [0.2, 0.25) is 0 Å². The van der Waals surface area contributed by atoms with Gasteiger partial charge in [-0.2, -0.15) is 0 Å². The second kappa shape index (κ2) is 2.87. The molecular weight excluding hydrogens is 162 g/mol. The third-order valence-corrected chi connectivity index (χ3v) is 2.57. The monoisotopic (exact) mass is 175 g/mol. The van der Waals surface area contributed by atoms with Crippen molar-refractivity contribution in [2.75, 3.05) is 5.32 Å². The molecule has 0 saturated carbocycles. The van der Waals surface area contributed by atoms with Gasteiger partial charge in [0, 0.05) is 5.69 Å². The molecule has 1 N–H and O–H groups in total. The fourth-order valence-electron chi connectivity index (χ4n) is 1.85. The van der Waals surface area contributed by atoms with E-state index in [9.17, 15) is 4.79 Å². The summed E-state index contributed by atoms with van der Waals surface area (Å²) in [6.07, 6.45) is 0.877. The van der Waals surface area contributed by atoms with Crippen molar-refractivity contribution in [3.63, 3.8) is 0 Å². The van der Waals surface area contributed by atoms with Gasteiger partial charge < -0.3 is 5.32 Å². The smallest absolute Gasteiger partial charge is 0.231 e. The number of carbonyl (C=O) groups is 1. The Morgan fingerprint density at radius 3 is 2.92 bits per heavy atom. The van der Waals surface area contributed by atoms with Gasteiger partial charge in [0.05, 0.1) is 5.92 Å². The highest BCUT2D eigenvalue weighted by molar-refractivity contribution is 6.02. The number of amides is 1. The molecule has 1 aliphatic heterocycles. The summed E-state index contributed by atoms with van der Waals surface area (Å²) >= 11 is 0. The Morgan fingerprint density at radius 2 is 2.23 bits per heavy atom. The Balaban J connectivity index is 2.50. The van der Waals surface area contributed by atoms with E-state index in [-0.39, 0.29) is 11.8 Å². The summed E-state index contributed by atoms with van der Waals surface area (Å²) in [6, 6.07) is 6.11. The molecule has 0 bridgehead atoms. The molecular formula is C11H13NO. The minimum atomic E-state index is 0.0647. The molecule has 68 valence electrons. The van der Waals surface area contributed by atoms with E-state index in [2.05, 4.69) is 18.3 Å². The lowest BCUT2D eigenvalue weighted by molar-refractivity contribution is -0.117. The molecule has 2 nitrogen and oxygen atoms in total. The third kappa shape index (κ3) is 1.22. The molecule has 13 heavy (non-hydrogen) atoms. The molecule has 0 saturated heterocycles. The van der Waals surface area contributed by atoms with Crippen molar-refractivity contribution in [1.82, 2.24) is 0 Å². The second-order valence-corrected chi connectivity index (χ2v) is 3.54. The van der Waals surface area contributed by atoms with Crippen LogP contribution in [-0.2, 0) is 4.79 Å². The summed E-state index contributed by atoms with van der Waals surface area (Å²) < 4.78 is 0. The number of anilines is 1. The number of hydrogen-bond acceptors (Lipinski definition) is 1. The molecule has 0 unspecified atom stereocenters. The van der Waals surface area contributed by atoms with Gasteiger partial charge in [0.1, 0.15) is 0 Å². The van der Waals surface area contributed by atoms with E-state index in [1.807, 2.05) is 19.1 Å². The maximum Gasteiger partial charge on any atom is 0.231 e. The molecule has 0 radical (unpaired) electrons. The maximum atomic E-state index is 11.5. The van der Waals surface area contributed by atoms with Crippen LogP contribution in [0.5, 0.6) is 0 Å². The number of aryl methyl sites for hydroxylation is 1. The second-order valence-electron chi connectivity index (χ2n) is 3.54. The molecule has 0 fully saturated rings. The van der Waals surface area contributed by atoms with Crippen molar-refractivity contribution in [2.45, 2.75) is 26.2 Å². The Labute approximate surface area is 78.0 Å². The summed E-state index contributed by atoms with van der Waals surface area (Å²) in [7, 11) is 0. The van der Waals surface area contributed by atoms with Crippen molar-refractivity contribution in [1.29, 1.82) is 0 Å². The van der Waals surface area contributed by atoms with Crippen molar-refractivity contribution in [2.24, 2.45) is 0 Å². The quantitative estimate of drug-likeness (QED) is 0.697. The van der Waals surface area contributed by atoms with Crippen LogP contribution in [0.4, 0.5) is 5.69 Å². The summed E-state index contributed by atoms with van der Waals surface area (Å²) in [5.74, 6) is 0.206. The van der Waals surface area contributed by atoms with E-state index in [0.29, 0.717) is 0 Å². The Hall–Kier alpha value is -1.31. The average molecular weight is 175 g/mol. The van der Waals surface area contributed by atoms with Gasteiger partial charge in [0.15, 0.2) is 0 Å². The van der Waals surface area contributed by atoms with Crippen molar-refractivity contribution < 1.29 is 4.79 Å². The molecule has 1 aromatic rings. The number of carbonyl (C=O) groups excluding carboxylic acids is 1. The molecule has 1 atom stereocenters. The largest absolute Gasteiger partial charge is 0.325 e. The Morgan fingerprint density at radius 1 is 1.46 bits per heavy atom. The molecule has 1 aromatic carbocycles. The Bertz CT molecular complexity index is 357. The van der Waals surface area contributed by atoms with E-state index < -0.39 is 0 Å². The van der Waals surface area contributed by atoms with Crippen LogP contribution in [-0.4, -0.2) is 5.91 Å². The van der Waals surface area contributed by atoms with E-state index >= 15 is 0 Å². The molecule has 2 rings (SSSR count). The highest BCUT2D eigenvalue weighted by Gasteiger charge is 2.28. The van der Waals surface area contributed by atoms with E-state index in [1.165, 1.54) is 5.56 Å². The van der Waals surface area contributed by atoms with Crippen LogP contribution in [0.3, 0.4) is 0 Å². The van der Waals surface area contributed by atoms with E-state index in [1.54, 1.807) is 0 Å². The normalized spacial score (nSPS) is 19.8. The van der Waals surface area contributed by atoms with Crippen molar-refractivity contribution in [3.05, 3.63) is 29.3 Å². The minimum Gasteiger partial charge on any atom is -0.325 e. The number of nitrogens with one attached hydrogen (secondary N) is 1. The summed E-state index contributed by atoms with van der Waals surface area (Å²) in [4.78, 5) is 11.5. The zero-order valence-electron chi connectivity index (χ0n) is 7.92. The number of hydrogen-bond donors (Lipinski definition) is 1. The lowest BCUT2D eigenvalue weighted by Gasteiger charge is -2.04. The molecule has 0 aromatic heterocycles. The molecule has 2 heteroatoms. The highest BCUT2D eigenvalue weighted by atomic mass is 16.2. The van der Waals surface area contributed by atoms with Gasteiger partial charge in [-0.3, -0.25) is 4.79 Å². The van der Waals surface area contributed by atoms with Crippen LogP contribution in [0.1, 0.15) is 30.4 Å². The van der Waals surface area contributed by atoms with Crippen LogP contribution < -0.4 is 5.32 Å². The molecule has 1 amide bonds. The van der Waals surface area contributed by atoms with Gasteiger partial charge in [-0.05, 0) is 25.0 Å². The van der Waals surface area contributed by atoms with Gasteiger partial charge >= 0.3 is 0 Å². The summed E-state index contributed by atoms with van der Waals surface area (Å²) in [5.41, 5.74) is 3.36. The fraction of sp³-hybridized carbons (Fsp3) is 0.364. The van der Waals surface area contributed by atoms with Crippen molar-refractivity contribution >= 4 is 11.6 Å². The van der Waals surface area contributed by atoms with Crippen LogP contribution in [0.25, 0.3) is 0 Å². The van der Waals surface area contributed by atoms with Gasteiger partial charge in [0.2, 0.25) is 5.91 Å². The van der Waals surface area contributed by atoms with Gasteiger partial charge in [-0.25, -0.2) is 0 Å². The zero-order chi connectivity index (χ0) is 9.42. The number of fused-ring (bicyclic) bond motifs is 1. The Kier molecular flexibility index (Phi) is 1.83. The fourth-order valence-corrected chi connectivity index (χ4v) is 1.85. The standard InChI is InChI=1S/C11H13NO/c1-3-8-9-6-7(2)4-5-10(9)12-11(8)13/h4-6,8H,3H2,1-2H3,(H,12,13)/t8-/m1/s1. The zero-order valence-corrected chi connectivity index (χ0v) is 7.92. The van der Waals surface area contributed by atoms with Gasteiger partial charge in [-0.15, -0.1) is 0 Å². The van der Waals surface area contributed by atoms with Gasteiger partial charge in [-0.1, -0.05) is 24.6 Å². The molecule has 0 aliphatic carbocycles. The topological polar surface area (TPSA) is 29.1 Å². The van der Waals surface area contributed by atoms with Crippen molar-refractivity contribution in [3.8, 4) is 0 Å². The predicted molar refractivity (Wildman–Crippen MR) is 52.8 cm³/mol. The van der Waals surface area contributed by atoms with E-state index in [4.69, 9.17) is 0 Å². The molecule has 0 spiro atoms. The first kappa shape index (κ1) is 8.30. The number of benzene rings is 1. The van der Waals surface area contributed by atoms with Crippen LogP contribution in [0.15, 0.2) is 18.2 Å². The first-order valence-electron chi connectivity index (χ1n) is 4.63. The summed E-state index contributed by atoms with van der Waals surface area (Å²) in [6.45, 7) is 4.09. The lowest BCUT2D eigenvalue weighted by Crippen LogP contribution is -2.10. The SMILES string of the molecule is CC[C@H]1C(=O)Nc2ccc(C)cc21. The first-order chi connectivity index (χ1) is 6.22.